The van der Waals surface area contributed by atoms with Crippen LogP contribution in [0, 0.1) is 0 Å². The Labute approximate surface area is 201 Å². The number of aromatic nitrogens is 2. The summed E-state index contributed by atoms with van der Waals surface area (Å²) in [7, 11) is 1.67. The summed E-state index contributed by atoms with van der Waals surface area (Å²) in [5.41, 5.74) is 2.25. The average molecular weight is 477 g/mol. The summed E-state index contributed by atoms with van der Waals surface area (Å²) >= 11 is 1.63. The number of rotatable bonds is 7. The van der Waals surface area contributed by atoms with Gasteiger partial charge in [-0.3, -0.25) is 14.2 Å². The third-order valence-electron chi connectivity index (χ3n) is 6.50. The van der Waals surface area contributed by atoms with Crippen LogP contribution in [-0.4, -0.2) is 41.7 Å². The molecule has 0 spiro atoms. The van der Waals surface area contributed by atoms with Crippen LogP contribution in [-0.2, 0) is 24.2 Å². The van der Waals surface area contributed by atoms with E-state index in [1.807, 2.05) is 30.3 Å². The lowest BCUT2D eigenvalue weighted by Gasteiger charge is -2.23. The molecule has 1 atom stereocenters. The predicted molar refractivity (Wildman–Crippen MR) is 136 cm³/mol. The Bertz CT molecular complexity index is 1430. The van der Waals surface area contributed by atoms with Gasteiger partial charge in [0.25, 0.3) is 5.56 Å². The summed E-state index contributed by atoms with van der Waals surface area (Å²) in [6.45, 7) is 3.36. The molecule has 0 fully saturated rings. The summed E-state index contributed by atoms with van der Waals surface area (Å²) in [5, 5.41) is 9.23. The number of thiophene rings is 1. The van der Waals surface area contributed by atoms with Gasteiger partial charge >= 0.3 is 0 Å². The van der Waals surface area contributed by atoms with Crippen LogP contribution < -0.4 is 20.9 Å². The fraction of sp³-hybridized carbons (Fsp3) is 0.346. The van der Waals surface area contributed by atoms with Crippen LogP contribution in [0.5, 0.6) is 5.75 Å². The molecule has 34 heavy (non-hydrogen) atoms. The van der Waals surface area contributed by atoms with Crippen molar-refractivity contribution in [3.63, 3.8) is 0 Å². The fourth-order valence-electron chi connectivity index (χ4n) is 4.84. The van der Waals surface area contributed by atoms with Crippen LogP contribution in [0.15, 0.2) is 47.5 Å². The van der Waals surface area contributed by atoms with Crippen molar-refractivity contribution in [3.05, 3.63) is 69.1 Å². The van der Waals surface area contributed by atoms with Crippen LogP contribution in [0.2, 0.25) is 0 Å². The van der Waals surface area contributed by atoms with Crippen molar-refractivity contribution in [1.82, 2.24) is 20.2 Å². The summed E-state index contributed by atoms with van der Waals surface area (Å²) in [6, 6.07) is 12.4. The van der Waals surface area contributed by atoms with E-state index in [1.54, 1.807) is 29.3 Å². The van der Waals surface area contributed by atoms with E-state index in [0.717, 1.165) is 63.7 Å². The number of ether oxygens (including phenoxy) is 1. The fourth-order valence-corrected chi connectivity index (χ4v) is 6.09. The van der Waals surface area contributed by atoms with Crippen molar-refractivity contribution in [2.24, 2.45) is 0 Å². The van der Waals surface area contributed by atoms with Gasteiger partial charge < -0.3 is 15.4 Å². The van der Waals surface area contributed by atoms with Gasteiger partial charge in [-0.05, 0) is 41.8 Å². The number of aryl methyl sites for hydroxylation is 1. The zero-order valence-electron chi connectivity index (χ0n) is 19.4. The largest absolute Gasteiger partial charge is 0.496 e. The summed E-state index contributed by atoms with van der Waals surface area (Å²) < 4.78 is 7.24. The van der Waals surface area contributed by atoms with E-state index in [9.17, 15) is 9.59 Å². The monoisotopic (exact) mass is 476 g/mol. The molecule has 5 rings (SSSR count). The highest BCUT2D eigenvalue weighted by atomic mass is 32.1. The highest BCUT2D eigenvalue weighted by Gasteiger charge is 2.25. The maximum absolute atomic E-state index is 13.5. The number of amides is 1. The smallest absolute Gasteiger partial charge is 0.262 e. The Morgan fingerprint density at radius 2 is 2.03 bits per heavy atom. The zero-order chi connectivity index (χ0) is 23.7. The molecule has 0 bridgehead atoms. The second-order valence-corrected chi connectivity index (χ2v) is 9.79. The number of carbonyl (C=O) groups is 1. The lowest BCUT2D eigenvalue weighted by molar-refractivity contribution is -0.118. The maximum Gasteiger partial charge on any atom is 0.262 e. The maximum atomic E-state index is 13.5. The molecule has 0 radical (unpaired) electrons. The van der Waals surface area contributed by atoms with Crippen molar-refractivity contribution in [1.29, 1.82) is 0 Å². The summed E-state index contributed by atoms with van der Waals surface area (Å²) in [5.74, 6) is 0.814. The predicted octanol–water partition coefficient (Wildman–Crippen LogP) is 3.25. The Hall–Kier alpha value is -3.23. The molecule has 1 amide bonds. The average Bonchev–Trinajstić information content (AvgIpc) is 3.22. The molecule has 2 N–H and O–H groups in total. The molecule has 8 heteroatoms. The number of hydrogen-bond donors (Lipinski definition) is 2. The van der Waals surface area contributed by atoms with E-state index >= 15 is 0 Å². The van der Waals surface area contributed by atoms with Gasteiger partial charge in [-0.25, -0.2) is 4.98 Å². The van der Waals surface area contributed by atoms with Crippen LogP contribution in [0.4, 0.5) is 0 Å². The molecular weight excluding hydrogens is 448 g/mol. The molecule has 1 aliphatic carbocycles. The van der Waals surface area contributed by atoms with Crippen LogP contribution in [0.1, 0.15) is 29.3 Å². The first-order valence-electron chi connectivity index (χ1n) is 11.6. The molecule has 0 aliphatic heterocycles. The minimum Gasteiger partial charge on any atom is -0.496 e. The van der Waals surface area contributed by atoms with Gasteiger partial charge in [0.2, 0.25) is 5.91 Å². The lowest BCUT2D eigenvalue weighted by atomic mass is 9.93. The third kappa shape index (κ3) is 4.31. The Kier molecular flexibility index (Phi) is 6.34. The molecule has 0 saturated heterocycles. The number of nitrogens with one attached hydrogen (secondary N) is 2. The Morgan fingerprint density at radius 1 is 1.21 bits per heavy atom. The molecule has 2 heterocycles. The topological polar surface area (TPSA) is 85.2 Å². The van der Waals surface area contributed by atoms with Crippen LogP contribution in [0.25, 0.3) is 21.0 Å². The molecule has 4 aromatic rings. The van der Waals surface area contributed by atoms with E-state index in [1.165, 1.54) is 11.8 Å². The highest BCUT2D eigenvalue weighted by Crippen LogP contribution is 2.34. The number of methoxy groups -OCH3 is 1. The molecule has 2 aromatic carbocycles. The highest BCUT2D eigenvalue weighted by molar-refractivity contribution is 7.18. The Balaban J connectivity index is 1.41. The Morgan fingerprint density at radius 3 is 2.82 bits per heavy atom. The van der Waals surface area contributed by atoms with E-state index in [-0.39, 0.29) is 11.5 Å². The van der Waals surface area contributed by atoms with Crippen molar-refractivity contribution in [3.8, 4) is 5.75 Å². The van der Waals surface area contributed by atoms with Crippen LogP contribution in [0.3, 0.4) is 0 Å². The quantitative estimate of drug-likeness (QED) is 0.400. The second kappa shape index (κ2) is 9.56. The van der Waals surface area contributed by atoms with Gasteiger partial charge in [-0.1, -0.05) is 30.3 Å². The van der Waals surface area contributed by atoms with Gasteiger partial charge in [0.15, 0.2) is 0 Å². The van der Waals surface area contributed by atoms with Crippen LogP contribution >= 0.6 is 11.3 Å². The van der Waals surface area contributed by atoms with Crippen molar-refractivity contribution >= 4 is 38.2 Å². The standard InChI is InChI=1S/C26H28N4O3S/c1-16(31)27-11-12-28-18-8-9-21-23(13-18)34-25-24(21)26(32)30(15-29-25)14-17-7-10-22(33-2)20-6-4-3-5-19(17)20/h3-7,10,15,18,28H,8-9,11-14H2,1-2H3,(H,27,31). The van der Waals surface area contributed by atoms with Crippen molar-refractivity contribution in [2.45, 2.75) is 38.8 Å². The van der Waals surface area contributed by atoms with E-state index < -0.39 is 0 Å². The van der Waals surface area contributed by atoms with Crippen molar-refractivity contribution in [2.75, 3.05) is 20.2 Å². The summed E-state index contributed by atoms with van der Waals surface area (Å²) in [6.07, 6.45) is 4.39. The lowest BCUT2D eigenvalue weighted by Crippen LogP contribution is -2.39. The first-order chi connectivity index (χ1) is 16.5. The minimum absolute atomic E-state index is 0.0118. The first kappa shape index (κ1) is 22.6. The first-order valence-corrected chi connectivity index (χ1v) is 12.4. The molecule has 1 unspecified atom stereocenters. The summed E-state index contributed by atoms with van der Waals surface area (Å²) in [4.78, 5) is 31.3. The minimum atomic E-state index is -0.0118. The normalized spacial score (nSPS) is 15.4. The van der Waals surface area contributed by atoms with Gasteiger partial charge in [0.05, 0.1) is 25.4 Å². The van der Waals surface area contributed by atoms with E-state index in [4.69, 9.17) is 4.74 Å². The zero-order valence-corrected chi connectivity index (χ0v) is 20.2. The van der Waals surface area contributed by atoms with Gasteiger partial charge in [0.1, 0.15) is 10.6 Å². The number of nitrogens with zero attached hydrogens (tertiary/aromatic N) is 2. The molecule has 1 aliphatic rings. The number of fused-ring (bicyclic) bond motifs is 4. The number of benzene rings is 2. The SMILES string of the molecule is COc1ccc(Cn2cnc3sc4c(c3c2=O)CCC(NCCNC(C)=O)C4)c2ccccc12. The van der Waals surface area contributed by atoms with E-state index in [0.29, 0.717) is 19.1 Å². The number of hydrogen-bond acceptors (Lipinski definition) is 6. The number of carbonyl (C=O) groups excluding carboxylic acids is 1. The van der Waals surface area contributed by atoms with Crippen molar-refractivity contribution < 1.29 is 9.53 Å². The molecule has 0 saturated carbocycles. The van der Waals surface area contributed by atoms with Gasteiger partial charge in [-0.2, -0.15) is 0 Å². The molecule has 2 aromatic heterocycles. The molecule has 7 nitrogen and oxygen atoms in total. The van der Waals surface area contributed by atoms with E-state index in [2.05, 4.69) is 21.7 Å². The molecular formula is C26H28N4O3S. The second-order valence-electron chi connectivity index (χ2n) is 8.71. The van der Waals surface area contributed by atoms with Gasteiger partial charge in [0, 0.05) is 36.3 Å². The van der Waals surface area contributed by atoms with Gasteiger partial charge in [-0.15, -0.1) is 11.3 Å². The molecule has 176 valence electrons. The third-order valence-corrected chi connectivity index (χ3v) is 7.67.